The molecule has 2 fully saturated rings. The molecule has 0 amide bonds. The monoisotopic (exact) mass is 456 g/mol. The highest BCUT2D eigenvalue weighted by molar-refractivity contribution is 6.74. The summed E-state index contributed by atoms with van der Waals surface area (Å²) in [7, 11) is -3.55. The number of methoxy groups -OCH3 is 1. The third kappa shape index (κ3) is 4.12. The standard InChI is InChI=1S/C23H44O5Si2/c1-16-17(26-29(12,13)20(2,3)4)14-23(19(24)25-11)15-18(16)27-30(28-23,21(5,6)7)22(8,9)10/h17-18H,1,14-15H2,2-13H3/t17-,18-,23-/m1/s1. The topological polar surface area (TPSA) is 54.0 Å². The maximum Gasteiger partial charge on any atom is 0.350 e. The van der Waals surface area contributed by atoms with Gasteiger partial charge in [-0.25, -0.2) is 4.79 Å². The minimum atomic E-state index is -2.91. The first-order chi connectivity index (χ1) is 13.2. The molecule has 0 aromatic carbocycles. The third-order valence-electron chi connectivity index (χ3n) is 7.28. The van der Waals surface area contributed by atoms with Crippen LogP contribution in [0, 0.1) is 0 Å². The predicted molar refractivity (Wildman–Crippen MR) is 126 cm³/mol. The summed E-state index contributed by atoms with van der Waals surface area (Å²) in [6.45, 7) is 28.4. The molecule has 1 saturated heterocycles. The molecule has 1 heterocycles. The first kappa shape index (κ1) is 25.8. The summed E-state index contributed by atoms with van der Waals surface area (Å²) in [5, 5.41) is -0.428. The molecule has 1 saturated carbocycles. The maximum absolute atomic E-state index is 13.2. The van der Waals surface area contributed by atoms with E-state index in [0.717, 1.165) is 5.57 Å². The molecular weight excluding hydrogens is 412 g/mol. The van der Waals surface area contributed by atoms with Gasteiger partial charge in [0.1, 0.15) is 0 Å². The van der Waals surface area contributed by atoms with Gasteiger partial charge < -0.3 is 18.0 Å². The van der Waals surface area contributed by atoms with Gasteiger partial charge >= 0.3 is 14.5 Å². The lowest BCUT2D eigenvalue weighted by atomic mass is 9.79. The highest BCUT2D eigenvalue weighted by Crippen LogP contribution is 2.60. The Kier molecular flexibility index (Phi) is 6.48. The van der Waals surface area contributed by atoms with Crippen LogP contribution in [0.1, 0.15) is 75.2 Å². The van der Waals surface area contributed by atoms with E-state index >= 15 is 0 Å². The van der Waals surface area contributed by atoms with Gasteiger partial charge in [0.05, 0.1) is 19.3 Å². The molecule has 0 aromatic heterocycles. The second kappa shape index (κ2) is 7.54. The molecule has 30 heavy (non-hydrogen) atoms. The first-order valence-electron chi connectivity index (χ1n) is 11.1. The van der Waals surface area contributed by atoms with Crippen LogP contribution in [0.25, 0.3) is 0 Å². The quantitative estimate of drug-likeness (QED) is 0.292. The molecule has 0 radical (unpaired) electrons. The normalized spacial score (nSPS) is 30.2. The number of rotatable bonds is 3. The van der Waals surface area contributed by atoms with E-state index < -0.39 is 22.5 Å². The SMILES string of the molecule is C=C1[C@H](O[Si](C)(C)C(C)(C)C)C[C@]2(C(=O)OC)C[C@H]1O[Si](C(C)(C)C)(C(C)(C)C)O2. The Morgan fingerprint density at radius 2 is 1.57 bits per heavy atom. The lowest BCUT2D eigenvalue weighted by Crippen LogP contribution is -2.72. The van der Waals surface area contributed by atoms with Crippen molar-refractivity contribution in [3.8, 4) is 0 Å². The van der Waals surface area contributed by atoms with Crippen LogP contribution < -0.4 is 0 Å². The Morgan fingerprint density at radius 1 is 1.07 bits per heavy atom. The summed E-state index contributed by atoms with van der Waals surface area (Å²) in [6, 6.07) is 0. The highest BCUT2D eigenvalue weighted by Gasteiger charge is 2.69. The van der Waals surface area contributed by atoms with Gasteiger partial charge in [0.25, 0.3) is 0 Å². The van der Waals surface area contributed by atoms with Gasteiger partial charge in [0.15, 0.2) is 13.9 Å². The molecule has 2 aliphatic rings. The van der Waals surface area contributed by atoms with Crippen LogP contribution in [0.5, 0.6) is 0 Å². The molecule has 0 N–H and O–H groups in total. The van der Waals surface area contributed by atoms with Crippen molar-refractivity contribution in [3.63, 3.8) is 0 Å². The van der Waals surface area contributed by atoms with Crippen molar-refractivity contribution >= 4 is 22.8 Å². The van der Waals surface area contributed by atoms with E-state index in [0.29, 0.717) is 12.8 Å². The molecule has 7 heteroatoms. The molecule has 3 atom stereocenters. The number of hydrogen-bond donors (Lipinski definition) is 0. The lowest BCUT2D eigenvalue weighted by molar-refractivity contribution is -0.181. The van der Waals surface area contributed by atoms with Gasteiger partial charge in [-0.05, 0) is 23.7 Å². The van der Waals surface area contributed by atoms with E-state index in [9.17, 15) is 4.79 Å². The van der Waals surface area contributed by atoms with Crippen molar-refractivity contribution in [1.82, 2.24) is 0 Å². The smallest absolute Gasteiger partial charge is 0.350 e. The van der Waals surface area contributed by atoms with Crippen molar-refractivity contribution in [2.45, 2.75) is 121 Å². The summed E-state index contributed by atoms with van der Waals surface area (Å²) < 4.78 is 25.8. The fraction of sp³-hybridized carbons (Fsp3) is 0.870. The van der Waals surface area contributed by atoms with E-state index in [-0.39, 0.29) is 33.3 Å². The van der Waals surface area contributed by atoms with E-state index in [4.69, 9.17) is 18.0 Å². The molecule has 1 aliphatic carbocycles. The number of carbonyl (C=O) groups is 1. The second-order valence-electron chi connectivity index (χ2n) is 12.7. The van der Waals surface area contributed by atoms with E-state index in [2.05, 4.69) is 82.0 Å². The molecule has 1 aliphatic heterocycles. The zero-order valence-corrected chi connectivity index (χ0v) is 23.3. The molecule has 5 nitrogen and oxygen atoms in total. The van der Waals surface area contributed by atoms with Crippen LogP contribution in [0.4, 0.5) is 0 Å². The average molecular weight is 457 g/mol. The Balaban J connectivity index is 2.57. The molecule has 2 rings (SSSR count). The second-order valence-corrected chi connectivity index (χ2v) is 22.1. The largest absolute Gasteiger partial charge is 0.467 e. The molecular formula is C23H44O5Si2. The summed E-state index contributed by atoms with van der Waals surface area (Å²) in [4.78, 5) is 13.2. The molecule has 2 bridgehead atoms. The minimum Gasteiger partial charge on any atom is -0.467 e. The highest BCUT2D eigenvalue weighted by atomic mass is 28.4. The van der Waals surface area contributed by atoms with Gasteiger partial charge in [0.2, 0.25) is 0 Å². The summed E-state index contributed by atoms with van der Waals surface area (Å²) in [6.07, 6.45) is 0.324. The summed E-state index contributed by atoms with van der Waals surface area (Å²) in [5.74, 6) is -0.322. The van der Waals surface area contributed by atoms with Crippen molar-refractivity contribution in [1.29, 1.82) is 0 Å². The van der Waals surface area contributed by atoms with Crippen molar-refractivity contribution in [2.24, 2.45) is 0 Å². The summed E-state index contributed by atoms with van der Waals surface area (Å²) >= 11 is 0. The molecule has 0 aromatic rings. The van der Waals surface area contributed by atoms with E-state index in [1.807, 2.05) is 0 Å². The minimum absolute atomic E-state index is 0.0509. The zero-order chi connectivity index (χ0) is 23.6. The predicted octanol–water partition coefficient (Wildman–Crippen LogP) is 6.10. The number of esters is 1. The molecule has 174 valence electrons. The average Bonchev–Trinajstić information content (AvgIpc) is 2.55. The number of fused-ring (bicyclic) bond motifs is 2. The Hall–Kier alpha value is -0.476. The lowest BCUT2D eigenvalue weighted by Gasteiger charge is -2.61. The Labute approximate surface area is 186 Å². The van der Waals surface area contributed by atoms with E-state index in [1.54, 1.807) is 0 Å². The van der Waals surface area contributed by atoms with Crippen LogP contribution in [0.3, 0.4) is 0 Å². The van der Waals surface area contributed by atoms with Crippen LogP contribution in [-0.2, 0) is 22.8 Å². The Morgan fingerprint density at radius 3 is 1.97 bits per heavy atom. The zero-order valence-electron chi connectivity index (χ0n) is 21.3. The van der Waals surface area contributed by atoms with Crippen LogP contribution in [0.15, 0.2) is 12.2 Å². The fourth-order valence-corrected chi connectivity index (χ4v) is 11.0. The van der Waals surface area contributed by atoms with Crippen molar-refractivity contribution in [2.75, 3.05) is 7.11 Å². The van der Waals surface area contributed by atoms with Gasteiger partial charge in [-0.1, -0.05) is 68.9 Å². The van der Waals surface area contributed by atoms with Gasteiger partial charge in [-0.3, -0.25) is 0 Å². The van der Waals surface area contributed by atoms with E-state index in [1.165, 1.54) is 7.11 Å². The van der Waals surface area contributed by atoms with Crippen molar-refractivity contribution < 1.29 is 22.8 Å². The first-order valence-corrected chi connectivity index (χ1v) is 15.8. The number of hydrogen-bond acceptors (Lipinski definition) is 5. The third-order valence-corrected chi connectivity index (χ3v) is 17.0. The maximum atomic E-state index is 13.2. The molecule has 0 unspecified atom stereocenters. The Bertz CT molecular complexity index is 682. The van der Waals surface area contributed by atoms with Crippen LogP contribution in [0.2, 0.25) is 28.2 Å². The fourth-order valence-electron chi connectivity index (χ4n) is 4.68. The summed E-state index contributed by atoms with van der Waals surface area (Å²) in [5.41, 5.74) is -0.119. The van der Waals surface area contributed by atoms with Gasteiger partial charge in [0, 0.05) is 22.9 Å². The molecule has 0 spiro atoms. The van der Waals surface area contributed by atoms with Crippen molar-refractivity contribution in [3.05, 3.63) is 12.2 Å². The van der Waals surface area contributed by atoms with Crippen LogP contribution >= 0.6 is 0 Å². The number of ether oxygens (including phenoxy) is 1. The van der Waals surface area contributed by atoms with Gasteiger partial charge in [-0.2, -0.15) is 0 Å². The van der Waals surface area contributed by atoms with Gasteiger partial charge in [-0.15, -0.1) is 0 Å². The van der Waals surface area contributed by atoms with Crippen LogP contribution in [-0.4, -0.2) is 47.8 Å². The number of carbonyl (C=O) groups excluding carboxylic acids is 1.